The van der Waals surface area contributed by atoms with Crippen LogP contribution < -0.4 is 10.6 Å². The third-order valence-electron chi connectivity index (χ3n) is 4.30. The van der Waals surface area contributed by atoms with E-state index in [4.69, 9.17) is 23.7 Å². The number of aliphatic hydroxyl groups is 1. The van der Waals surface area contributed by atoms with Gasteiger partial charge in [-0.15, -0.1) is 0 Å². The first-order chi connectivity index (χ1) is 12.0. The zero-order chi connectivity index (χ0) is 18.0. The lowest BCUT2D eigenvalue weighted by atomic mass is 10.1. The summed E-state index contributed by atoms with van der Waals surface area (Å²) < 4.78 is 27.6. The molecule has 3 N–H and O–H groups in total. The van der Waals surface area contributed by atoms with Crippen LogP contribution in [0.15, 0.2) is 0 Å². The molecule has 0 bridgehead atoms. The van der Waals surface area contributed by atoms with Gasteiger partial charge in [0.05, 0.1) is 19.7 Å². The molecule has 0 aromatic heterocycles. The molecule has 0 aromatic carbocycles. The number of aliphatic hydroxyl groups excluding tert-OH is 1. The summed E-state index contributed by atoms with van der Waals surface area (Å²) in [5.41, 5.74) is 0. The Balaban J connectivity index is 1.41. The molecule has 25 heavy (non-hydrogen) atoms. The van der Waals surface area contributed by atoms with Crippen molar-refractivity contribution in [3.8, 4) is 0 Å². The maximum Gasteiger partial charge on any atom is 0.226 e. The monoisotopic (exact) mass is 360 g/mol. The lowest BCUT2D eigenvalue weighted by molar-refractivity contribution is -0.191. The Morgan fingerprint density at radius 1 is 1.08 bits per heavy atom. The Labute approximate surface area is 145 Å². The van der Waals surface area contributed by atoms with Crippen molar-refractivity contribution < 1.29 is 38.4 Å². The average Bonchev–Trinajstić information content (AvgIpc) is 3.24. The van der Waals surface area contributed by atoms with Crippen molar-refractivity contribution in [2.45, 2.75) is 70.0 Å². The molecule has 0 aromatic rings. The fourth-order valence-electron chi connectivity index (χ4n) is 2.99. The predicted molar refractivity (Wildman–Crippen MR) is 80.8 cm³/mol. The number of fused-ring (bicyclic) bond motifs is 1. The molecule has 10 nitrogen and oxygen atoms in total. The molecule has 3 saturated heterocycles. The van der Waals surface area contributed by atoms with Crippen molar-refractivity contribution in [3.63, 3.8) is 0 Å². The maximum atomic E-state index is 11.8. The normalized spacial score (nSPS) is 40.0. The average molecular weight is 360 g/mol. The van der Waals surface area contributed by atoms with Gasteiger partial charge in [0, 0.05) is 6.42 Å². The zero-order valence-electron chi connectivity index (χ0n) is 14.2. The van der Waals surface area contributed by atoms with Gasteiger partial charge in [0.2, 0.25) is 11.8 Å². The van der Waals surface area contributed by atoms with E-state index < -0.39 is 30.9 Å². The lowest BCUT2D eigenvalue weighted by Gasteiger charge is -2.22. The van der Waals surface area contributed by atoms with Crippen LogP contribution in [-0.4, -0.2) is 73.5 Å². The van der Waals surface area contributed by atoms with Gasteiger partial charge in [-0.3, -0.25) is 9.59 Å². The Morgan fingerprint density at radius 2 is 1.84 bits per heavy atom. The van der Waals surface area contributed by atoms with Crippen molar-refractivity contribution in [2.24, 2.45) is 0 Å². The van der Waals surface area contributed by atoms with Crippen LogP contribution in [0, 0.1) is 0 Å². The lowest BCUT2D eigenvalue weighted by Crippen LogP contribution is -2.41. The topological polar surface area (TPSA) is 125 Å². The second-order valence-corrected chi connectivity index (χ2v) is 6.14. The quantitative estimate of drug-likeness (QED) is 0.492. The SMILES string of the molecule is CCC(=O)NCNC(=O)CC1OC2OC(C3COC(C)O3)C(O)C2O1. The second-order valence-electron chi connectivity index (χ2n) is 6.14. The molecule has 0 saturated carbocycles. The summed E-state index contributed by atoms with van der Waals surface area (Å²) >= 11 is 0. The number of amides is 2. The Kier molecular flexibility index (Phi) is 5.87. The van der Waals surface area contributed by atoms with E-state index in [2.05, 4.69) is 10.6 Å². The van der Waals surface area contributed by atoms with E-state index in [1.807, 2.05) is 0 Å². The van der Waals surface area contributed by atoms with Crippen molar-refractivity contribution in [2.75, 3.05) is 13.3 Å². The fourth-order valence-corrected chi connectivity index (χ4v) is 2.99. The summed E-state index contributed by atoms with van der Waals surface area (Å²) in [7, 11) is 0. The summed E-state index contributed by atoms with van der Waals surface area (Å²) in [4.78, 5) is 22.9. The zero-order valence-corrected chi connectivity index (χ0v) is 14.2. The molecule has 3 heterocycles. The van der Waals surface area contributed by atoms with Gasteiger partial charge < -0.3 is 39.4 Å². The molecule has 0 spiro atoms. The summed E-state index contributed by atoms with van der Waals surface area (Å²) in [6.07, 6.45) is -4.21. The van der Waals surface area contributed by atoms with Crippen LogP contribution in [0.3, 0.4) is 0 Å². The molecule has 2 amide bonds. The fraction of sp³-hybridized carbons (Fsp3) is 0.867. The van der Waals surface area contributed by atoms with E-state index >= 15 is 0 Å². The van der Waals surface area contributed by atoms with Gasteiger partial charge in [0.25, 0.3) is 0 Å². The molecular formula is C15H24N2O8. The molecule has 7 unspecified atom stereocenters. The van der Waals surface area contributed by atoms with Crippen molar-refractivity contribution in [3.05, 3.63) is 0 Å². The Bertz CT molecular complexity index is 504. The molecule has 0 radical (unpaired) electrons. The second kappa shape index (κ2) is 7.94. The molecule has 3 aliphatic heterocycles. The predicted octanol–water partition coefficient (Wildman–Crippen LogP) is -1.43. The van der Waals surface area contributed by atoms with Gasteiger partial charge in [-0.05, 0) is 6.92 Å². The number of ether oxygens (including phenoxy) is 5. The highest BCUT2D eigenvalue weighted by molar-refractivity contribution is 5.78. The third-order valence-corrected chi connectivity index (χ3v) is 4.30. The number of hydrogen-bond donors (Lipinski definition) is 3. The van der Waals surface area contributed by atoms with Gasteiger partial charge >= 0.3 is 0 Å². The number of rotatable bonds is 6. The molecule has 3 fully saturated rings. The van der Waals surface area contributed by atoms with E-state index in [9.17, 15) is 14.7 Å². The minimum atomic E-state index is -0.930. The largest absolute Gasteiger partial charge is 0.387 e. The first kappa shape index (κ1) is 18.5. The Morgan fingerprint density at radius 3 is 2.48 bits per heavy atom. The van der Waals surface area contributed by atoms with Crippen LogP contribution in [0.5, 0.6) is 0 Å². The van der Waals surface area contributed by atoms with Gasteiger partial charge in [-0.2, -0.15) is 0 Å². The van der Waals surface area contributed by atoms with Crippen LogP contribution in [0.4, 0.5) is 0 Å². The van der Waals surface area contributed by atoms with Crippen LogP contribution in [0.25, 0.3) is 0 Å². The number of hydrogen-bond acceptors (Lipinski definition) is 8. The molecule has 142 valence electrons. The van der Waals surface area contributed by atoms with Gasteiger partial charge in [-0.25, -0.2) is 0 Å². The summed E-state index contributed by atoms with van der Waals surface area (Å²) in [6.45, 7) is 3.87. The summed E-state index contributed by atoms with van der Waals surface area (Å²) in [6, 6.07) is 0. The standard InChI is InChI=1S/C15H24N2O8/c1-3-9(18)16-6-17-10(19)4-11-23-14-12(20)13(25-15(14)24-11)8-5-21-7(2)22-8/h7-8,11-15,20H,3-6H2,1-2H3,(H,16,18)(H,17,19). The highest BCUT2D eigenvalue weighted by Crippen LogP contribution is 2.36. The molecular weight excluding hydrogens is 336 g/mol. The van der Waals surface area contributed by atoms with Crippen LogP contribution in [0.1, 0.15) is 26.7 Å². The van der Waals surface area contributed by atoms with E-state index in [0.29, 0.717) is 13.0 Å². The van der Waals surface area contributed by atoms with Gasteiger partial charge in [-0.1, -0.05) is 6.92 Å². The number of carbonyl (C=O) groups is 2. The molecule has 0 aliphatic carbocycles. The van der Waals surface area contributed by atoms with Crippen LogP contribution in [-0.2, 0) is 33.3 Å². The summed E-state index contributed by atoms with van der Waals surface area (Å²) in [5, 5.41) is 15.4. The molecule has 10 heteroatoms. The minimum Gasteiger partial charge on any atom is -0.387 e. The molecule has 7 atom stereocenters. The first-order valence-corrected chi connectivity index (χ1v) is 8.42. The smallest absolute Gasteiger partial charge is 0.226 e. The van der Waals surface area contributed by atoms with E-state index in [1.54, 1.807) is 13.8 Å². The van der Waals surface area contributed by atoms with Crippen LogP contribution in [0.2, 0.25) is 0 Å². The first-order valence-electron chi connectivity index (χ1n) is 8.42. The van der Waals surface area contributed by atoms with Crippen LogP contribution >= 0.6 is 0 Å². The van der Waals surface area contributed by atoms with E-state index in [1.165, 1.54) is 0 Å². The van der Waals surface area contributed by atoms with Crippen molar-refractivity contribution >= 4 is 11.8 Å². The highest BCUT2D eigenvalue weighted by atomic mass is 16.8. The van der Waals surface area contributed by atoms with Gasteiger partial charge in [0.15, 0.2) is 18.9 Å². The third kappa shape index (κ3) is 4.27. The molecule has 3 rings (SSSR count). The summed E-state index contributed by atoms with van der Waals surface area (Å²) in [5.74, 6) is -0.494. The van der Waals surface area contributed by atoms with E-state index in [-0.39, 0.29) is 37.3 Å². The highest BCUT2D eigenvalue weighted by Gasteiger charge is 2.55. The molecule has 3 aliphatic rings. The van der Waals surface area contributed by atoms with Crippen molar-refractivity contribution in [1.29, 1.82) is 0 Å². The van der Waals surface area contributed by atoms with E-state index in [0.717, 1.165) is 0 Å². The van der Waals surface area contributed by atoms with Crippen molar-refractivity contribution in [1.82, 2.24) is 10.6 Å². The van der Waals surface area contributed by atoms with Gasteiger partial charge in [0.1, 0.15) is 24.4 Å². The number of nitrogens with one attached hydrogen (secondary N) is 2. The minimum absolute atomic E-state index is 0.0451. The maximum absolute atomic E-state index is 11.8. The Hall–Kier alpha value is -1.30. The number of carbonyl (C=O) groups excluding carboxylic acids is 2.